The summed E-state index contributed by atoms with van der Waals surface area (Å²) in [4.78, 5) is 0. The molecule has 6 aromatic rings. The van der Waals surface area contributed by atoms with Gasteiger partial charge in [-0.1, -0.05) is 109 Å². The molecule has 0 amide bonds. The molecule has 7 rings (SSSR count). The molecule has 0 saturated heterocycles. The van der Waals surface area contributed by atoms with Crippen LogP contribution in [0, 0.1) is 11.8 Å². The molecule has 1 aliphatic rings. The van der Waals surface area contributed by atoms with Gasteiger partial charge in [-0.15, -0.1) is 0 Å². The van der Waals surface area contributed by atoms with Crippen LogP contribution >= 0.6 is 0 Å². The quantitative estimate of drug-likeness (QED) is 0.198. The third-order valence-corrected chi connectivity index (χ3v) is 8.20. The van der Waals surface area contributed by atoms with E-state index in [1.807, 2.05) is 36.4 Å². The van der Waals surface area contributed by atoms with Crippen LogP contribution < -0.4 is 9.47 Å². The van der Waals surface area contributed by atoms with E-state index in [0.717, 1.165) is 44.5 Å². The first-order chi connectivity index (χ1) is 21.2. The highest BCUT2D eigenvalue weighted by Gasteiger charge is 2.33. The van der Waals surface area contributed by atoms with Crippen LogP contribution in [0.1, 0.15) is 39.3 Å². The monoisotopic (exact) mass is 554 g/mol. The Balaban J connectivity index is 1.63. The van der Waals surface area contributed by atoms with Gasteiger partial charge in [-0.05, 0) is 92.2 Å². The normalized spacial score (nSPS) is 13.5. The molecule has 1 unspecified atom stereocenters. The van der Waals surface area contributed by atoms with Gasteiger partial charge >= 0.3 is 0 Å². The SMILES string of the molecule is COc1ccc(C2=CC(c3ccccc3)c3c2c(-c2ccccc2)c2cc(OC)ccc2c3C#Cc2ccccc2)cc1. The molecular weight excluding hydrogens is 524 g/mol. The van der Waals surface area contributed by atoms with E-state index in [4.69, 9.17) is 9.47 Å². The first-order valence-corrected chi connectivity index (χ1v) is 14.5. The zero-order chi connectivity index (χ0) is 29.2. The van der Waals surface area contributed by atoms with Crippen molar-refractivity contribution in [2.24, 2.45) is 0 Å². The van der Waals surface area contributed by atoms with Gasteiger partial charge in [0.15, 0.2) is 0 Å². The fraction of sp³-hybridized carbons (Fsp3) is 0.0732. The van der Waals surface area contributed by atoms with Gasteiger partial charge in [-0.25, -0.2) is 0 Å². The summed E-state index contributed by atoms with van der Waals surface area (Å²) >= 11 is 0. The number of methoxy groups -OCH3 is 2. The van der Waals surface area contributed by atoms with Gasteiger partial charge in [0.25, 0.3) is 0 Å². The highest BCUT2D eigenvalue weighted by atomic mass is 16.5. The third-order valence-electron chi connectivity index (χ3n) is 8.20. The van der Waals surface area contributed by atoms with Crippen LogP contribution in [0.4, 0.5) is 0 Å². The molecule has 43 heavy (non-hydrogen) atoms. The van der Waals surface area contributed by atoms with Crippen molar-refractivity contribution in [2.45, 2.75) is 5.92 Å². The molecule has 2 nitrogen and oxygen atoms in total. The van der Waals surface area contributed by atoms with E-state index in [1.54, 1.807) is 14.2 Å². The lowest BCUT2D eigenvalue weighted by Crippen LogP contribution is -2.03. The van der Waals surface area contributed by atoms with Crippen LogP contribution in [0.3, 0.4) is 0 Å². The zero-order valence-electron chi connectivity index (χ0n) is 24.2. The first-order valence-electron chi connectivity index (χ1n) is 14.5. The summed E-state index contributed by atoms with van der Waals surface area (Å²) in [5.74, 6) is 8.84. The van der Waals surface area contributed by atoms with Gasteiger partial charge < -0.3 is 9.47 Å². The predicted octanol–water partition coefficient (Wildman–Crippen LogP) is 9.50. The van der Waals surface area contributed by atoms with E-state index in [2.05, 4.69) is 115 Å². The lowest BCUT2D eigenvalue weighted by molar-refractivity contribution is 0.415. The van der Waals surface area contributed by atoms with Crippen LogP contribution in [-0.2, 0) is 0 Å². The Hall–Kier alpha value is -5.52. The fourth-order valence-electron chi connectivity index (χ4n) is 6.17. The molecule has 6 aromatic carbocycles. The summed E-state index contributed by atoms with van der Waals surface area (Å²) in [5.41, 5.74) is 10.4. The Labute approximate surface area is 252 Å². The maximum absolute atomic E-state index is 5.76. The van der Waals surface area contributed by atoms with Crippen molar-refractivity contribution in [3.63, 3.8) is 0 Å². The van der Waals surface area contributed by atoms with Gasteiger partial charge in [-0.2, -0.15) is 0 Å². The number of benzene rings is 6. The Morgan fingerprint density at radius 3 is 1.84 bits per heavy atom. The zero-order valence-corrected chi connectivity index (χ0v) is 24.2. The summed E-state index contributed by atoms with van der Waals surface area (Å²) in [6, 6.07) is 46.4. The molecule has 0 fully saturated rings. The second kappa shape index (κ2) is 11.4. The molecule has 0 heterocycles. The van der Waals surface area contributed by atoms with E-state index in [0.29, 0.717) is 0 Å². The Morgan fingerprint density at radius 1 is 0.535 bits per heavy atom. The van der Waals surface area contributed by atoms with E-state index in [-0.39, 0.29) is 5.92 Å². The molecule has 1 aliphatic carbocycles. The van der Waals surface area contributed by atoms with Crippen molar-refractivity contribution in [1.29, 1.82) is 0 Å². The number of hydrogen-bond acceptors (Lipinski definition) is 2. The molecular formula is C41H30O2. The highest BCUT2D eigenvalue weighted by Crippen LogP contribution is 2.52. The Morgan fingerprint density at radius 2 is 1.16 bits per heavy atom. The second-order valence-corrected chi connectivity index (χ2v) is 10.6. The van der Waals surface area contributed by atoms with E-state index in [9.17, 15) is 0 Å². The average molecular weight is 555 g/mol. The van der Waals surface area contributed by atoms with Gasteiger partial charge in [0.05, 0.1) is 14.2 Å². The topological polar surface area (TPSA) is 18.5 Å². The minimum absolute atomic E-state index is 0.0299. The summed E-state index contributed by atoms with van der Waals surface area (Å²) < 4.78 is 11.3. The highest BCUT2D eigenvalue weighted by molar-refractivity contribution is 6.10. The fourth-order valence-corrected chi connectivity index (χ4v) is 6.17. The van der Waals surface area contributed by atoms with E-state index >= 15 is 0 Å². The maximum atomic E-state index is 5.76. The van der Waals surface area contributed by atoms with Gasteiger partial charge in [0.2, 0.25) is 0 Å². The first kappa shape index (κ1) is 26.4. The molecule has 0 bridgehead atoms. The van der Waals surface area contributed by atoms with Gasteiger partial charge in [0, 0.05) is 17.0 Å². The Kier molecular flexibility index (Phi) is 6.99. The lowest BCUT2D eigenvalue weighted by Gasteiger charge is -2.22. The molecule has 0 spiro atoms. The van der Waals surface area contributed by atoms with Gasteiger partial charge in [0.1, 0.15) is 11.5 Å². The predicted molar refractivity (Wildman–Crippen MR) is 177 cm³/mol. The molecule has 0 radical (unpaired) electrons. The largest absolute Gasteiger partial charge is 0.497 e. The summed E-state index contributed by atoms with van der Waals surface area (Å²) in [6.07, 6.45) is 2.41. The van der Waals surface area contributed by atoms with Crippen molar-refractivity contribution >= 4 is 16.3 Å². The number of allylic oxidation sites excluding steroid dienone is 1. The number of rotatable bonds is 5. The molecule has 1 atom stereocenters. The van der Waals surface area contributed by atoms with Crippen molar-refractivity contribution in [3.8, 4) is 34.5 Å². The number of ether oxygens (including phenoxy) is 2. The summed E-state index contributed by atoms with van der Waals surface area (Å²) in [6.45, 7) is 0. The molecule has 0 aliphatic heterocycles. The summed E-state index contributed by atoms with van der Waals surface area (Å²) in [5, 5.41) is 2.24. The Bertz CT molecular complexity index is 2010. The minimum atomic E-state index is 0.0299. The van der Waals surface area contributed by atoms with Crippen molar-refractivity contribution in [3.05, 3.63) is 173 Å². The van der Waals surface area contributed by atoms with Crippen molar-refractivity contribution in [1.82, 2.24) is 0 Å². The molecule has 2 heteroatoms. The smallest absolute Gasteiger partial charge is 0.119 e. The third kappa shape index (κ3) is 4.86. The maximum Gasteiger partial charge on any atom is 0.119 e. The number of hydrogen-bond donors (Lipinski definition) is 0. The van der Waals surface area contributed by atoms with Crippen molar-refractivity contribution < 1.29 is 9.47 Å². The second-order valence-electron chi connectivity index (χ2n) is 10.6. The average Bonchev–Trinajstić information content (AvgIpc) is 3.48. The minimum Gasteiger partial charge on any atom is -0.497 e. The molecule has 0 aromatic heterocycles. The van der Waals surface area contributed by atoms with Gasteiger partial charge in [-0.3, -0.25) is 0 Å². The van der Waals surface area contributed by atoms with E-state index < -0.39 is 0 Å². The number of fused-ring (bicyclic) bond motifs is 2. The van der Waals surface area contributed by atoms with Crippen LogP contribution in [0.25, 0.3) is 27.5 Å². The van der Waals surface area contributed by atoms with Crippen LogP contribution in [0.15, 0.2) is 140 Å². The summed E-state index contributed by atoms with van der Waals surface area (Å²) in [7, 11) is 3.43. The van der Waals surface area contributed by atoms with Crippen LogP contribution in [0.2, 0.25) is 0 Å². The molecule has 206 valence electrons. The van der Waals surface area contributed by atoms with Crippen LogP contribution in [-0.4, -0.2) is 14.2 Å². The molecule has 0 saturated carbocycles. The lowest BCUT2D eigenvalue weighted by atomic mass is 9.81. The van der Waals surface area contributed by atoms with E-state index in [1.165, 1.54) is 27.8 Å². The molecule has 0 N–H and O–H groups in total. The van der Waals surface area contributed by atoms with Crippen LogP contribution in [0.5, 0.6) is 11.5 Å². The van der Waals surface area contributed by atoms with Crippen molar-refractivity contribution in [2.75, 3.05) is 14.2 Å². The standard InChI is InChI=1S/C41H30O2/c1-42-32-21-19-30(20-22-32)37-27-36(29-14-8-4-9-15-29)40-35(24-18-28-12-6-3-7-13-28)34-25-23-33(43-2)26-38(34)39(41(37)40)31-16-10-5-11-17-31/h3-17,19-23,25-27,36H,1-2H3.